The number of sulfonamides is 1. The van der Waals surface area contributed by atoms with Gasteiger partial charge in [-0.1, -0.05) is 13.0 Å². The predicted octanol–water partition coefficient (Wildman–Crippen LogP) is 4.90. The maximum atomic E-state index is 15.3. The lowest BCUT2D eigenvalue weighted by Gasteiger charge is -2.11. The molecule has 194 valence electrons. The van der Waals surface area contributed by atoms with Crippen LogP contribution in [0.3, 0.4) is 0 Å². The molecule has 0 atom stereocenters. The number of carbonyl (C=O) groups excluding carboxylic acids is 2. The highest BCUT2D eigenvalue weighted by atomic mass is 32.2. The van der Waals surface area contributed by atoms with Crippen LogP contribution >= 0.6 is 0 Å². The SMILES string of the molecule is CCCS(=O)(=O)Nc1ccc(F)c(C(=O)c2c[nH]c3ncc(-c4ccc5c(cnn5C(C)=O)c4)cc23)c1F. The van der Waals surface area contributed by atoms with Crippen molar-refractivity contribution in [2.24, 2.45) is 0 Å². The molecule has 2 N–H and O–H groups in total. The summed E-state index contributed by atoms with van der Waals surface area (Å²) in [6.45, 7) is 3.05. The Morgan fingerprint density at radius 3 is 2.61 bits per heavy atom. The molecule has 3 heterocycles. The van der Waals surface area contributed by atoms with E-state index >= 15 is 4.39 Å². The maximum Gasteiger partial charge on any atom is 0.244 e. The third-order valence-electron chi connectivity index (χ3n) is 6.03. The highest BCUT2D eigenvalue weighted by Gasteiger charge is 2.26. The van der Waals surface area contributed by atoms with Gasteiger partial charge in [-0.05, 0) is 42.3 Å². The Morgan fingerprint density at radius 1 is 1.08 bits per heavy atom. The molecule has 0 bridgehead atoms. The molecule has 0 aliphatic rings. The van der Waals surface area contributed by atoms with Crippen molar-refractivity contribution < 1.29 is 26.8 Å². The zero-order chi connectivity index (χ0) is 27.2. The Labute approximate surface area is 215 Å². The molecule has 3 aromatic heterocycles. The van der Waals surface area contributed by atoms with Crippen molar-refractivity contribution in [2.75, 3.05) is 10.5 Å². The number of hydrogen-bond acceptors (Lipinski definition) is 6. The Hall–Kier alpha value is -4.45. The predicted molar refractivity (Wildman–Crippen MR) is 139 cm³/mol. The lowest BCUT2D eigenvalue weighted by molar-refractivity contribution is 0.0926. The number of fused-ring (bicyclic) bond motifs is 2. The smallest absolute Gasteiger partial charge is 0.244 e. The minimum absolute atomic E-state index is 0.0359. The van der Waals surface area contributed by atoms with Crippen molar-refractivity contribution in [1.82, 2.24) is 19.7 Å². The molecule has 0 unspecified atom stereocenters. The monoisotopic (exact) mass is 537 g/mol. The number of carbonyl (C=O) groups is 2. The van der Waals surface area contributed by atoms with Crippen LogP contribution in [0.1, 0.15) is 41.0 Å². The molecule has 38 heavy (non-hydrogen) atoms. The number of H-pyrrole nitrogens is 1. The number of aromatic nitrogens is 4. The van der Waals surface area contributed by atoms with Gasteiger partial charge >= 0.3 is 0 Å². The van der Waals surface area contributed by atoms with E-state index in [1.165, 1.54) is 17.8 Å². The number of halogens is 2. The molecule has 0 aliphatic heterocycles. The number of benzene rings is 2. The normalized spacial score (nSPS) is 11.8. The summed E-state index contributed by atoms with van der Waals surface area (Å²) in [7, 11) is -3.87. The number of nitrogens with one attached hydrogen (secondary N) is 2. The fraction of sp³-hybridized carbons (Fsp3) is 0.154. The first-order valence-corrected chi connectivity index (χ1v) is 13.2. The standard InChI is InChI=1S/C26H21F2N5O4S/c1-3-8-38(36,37)32-21-6-5-20(27)23(24(21)28)25(35)19-13-30-26-18(19)10-16(11-29-26)15-4-7-22-17(9-15)12-31-33(22)14(2)34/h4-7,9-13,32H,3,8H2,1-2H3,(H,29,30). The average molecular weight is 538 g/mol. The highest BCUT2D eigenvalue weighted by Crippen LogP contribution is 2.31. The second-order valence-electron chi connectivity index (χ2n) is 8.71. The second-order valence-corrected chi connectivity index (χ2v) is 10.5. The Kier molecular flexibility index (Phi) is 6.27. The summed E-state index contributed by atoms with van der Waals surface area (Å²) < 4.78 is 57.6. The maximum absolute atomic E-state index is 15.3. The summed E-state index contributed by atoms with van der Waals surface area (Å²) in [6, 6.07) is 8.76. The van der Waals surface area contributed by atoms with Crippen LogP contribution in [-0.4, -0.2) is 45.6 Å². The van der Waals surface area contributed by atoms with Gasteiger partial charge in [0.25, 0.3) is 0 Å². The van der Waals surface area contributed by atoms with Crippen LogP contribution in [-0.2, 0) is 10.0 Å². The molecule has 0 radical (unpaired) electrons. The van der Waals surface area contributed by atoms with E-state index in [2.05, 4.69) is 19.8 Å². The molecule has 0 aliphatic carbocycles. The van der Waals surface area contributed by atoms with E-state index in [9.17, 15) is 22.4 Å². The van der Waals surface area contributed by atoms with E-state index in [1.807, 2.05) is 6.07 Å². The Morgan fingerprint density at radius 2 is 1.87 bits per heavy atom. The second kappa shape index (κ2) is 9.45. The van der Waals surface area contributed by atoms with Gasteiger partial charge in [0.05, 0.1) is 28.7 Å². The van der Waals surface area contributed by atoms with Gasteiger partial charge in [0.15, 0.2) is 5.82 Å². The van der Waals surface area contributed by atoms with Crippen LogP contribution in [0.4, 0.5) is 14.5 Å². The van der Waals surface area contributed by atoms with Gasteiger partial charge < -0.3 is 4.98 Å². The zero-order valence-corrected chi connectivity index (χ0v) is 21.1. The van der Waals surface area contributed by atoms with E-state index in [0.717, 1.165) is 23.1 Å². The summed E-state index contributed by atoms with van der Waals surface area (Å²) in [5.74, 6) is -3.89. The molecule has 0 fully saturated rings. The molecule has 0 amide bonds. The summed E-state index contributed by atoms with van der Waals surface area (Å²) in [4.78, 5) is 32.3. The number of aromatic amines is 1. The number of anilines is 1. The largest absolute Gasteiger partial charge is 0.345 e. The van der Waals surface area contributed by atoms with E-state index in [-0.39, 0.29) is 17.2 Å². The minimum Gasteiger partial charge on any atom is -0.345 e. The van der Waals surface area contributed by atoms with Crippen LogP contribution in [0, 0.1) is 11.6 Å². The van der Waals surface area contributed by atoms with Crippen molar-refractivity contribution in [3.63, 3.8) is 0 Å². The van der Waals surface area contributed by atoms with Gasteiger partial charge in [-0.25, -0.2) is 26.9 Å². The fourth-order valence-electron chi connectivity index (χ4n) is 4.27. The number of hydrogen-bond donors (Lipinski definition) is 2. The summed E-state index contributed by atoms with van der Waals surface area (Å²) in [5.41, 5.74) is 0.861. The average Bonchev–Trinajstić information content (AvgIpc) is 3.49. The van der Waals surface area contributed by atoms with Crippen molar-refractivity contribution in [1.29, 1.82) is 0 Å². The molecule has 5 aromatic rings. The molecular formula is C26H21F2N5O4S. The van der Waals surface area contributed by atoms with Gasteiger partial charge in [-0.3, -0.25) is 14.3 Å². The van der Waals surface area contributed by atoms with Crippen molar-refractivity contribution in [3.8, 4) is 11.1 Å². The van der Waals surface area contributed by atoms with Crippen LogP contribution in [0.15, 0.2) is 55.0 Å². The molecule has 0 saturated heterocycles. The Balaban J connectivity index is 1.56. The van der Waals surface area contributed by atoms with E-state index in [0.29, 0.717) is 28.5 Å². The van der Waals surface area contributed by atoms with Gasteiger partial charge in [-0.2, -0.15) is 5.10 Å². The van der Waals surface area contributed by atoms with Crippen LogP contribution in [0.2, 0.25) is 0 Å². The summed E-state index contributed by atoms with van der Waals surface area (Å²) in [6.07, 6.45) is 4.73. The molecule has 2 aromatic carbocycles. The third kappa shape index (κ3) is 4.43. The Bertz CT molecular complexity index is 1860. The number of pyridine rings is 1. The van der Waals surface area contributed by atoms with Crippen LogP contribution in [0.5, 0.6) is 0 Å². The molecule has 12 heteroatoms. The summed E-state index contributed by atoms with van der Waals surface area (Å²) >= 11 is 0. The molecule has 9 nitrogen and oxygen atoms in total. The topological polar surface area (TPSA) is 127 Å². The van der Waals surface area contributed by atoms with E-state index in [4.69, 9.17) is 0 Å². The van der Waals surface area contributed by atoms with Crippen molar-refractivity contribution in [3.05, 3.63) is 77.8 Å². The first-order chi connectivity index (χ1) is 18.1. The van der Waals surface area contributed by atoms with Crippen LogP contribution in [0.25, 0.3) is 33.1 Å². The van der Waals surface area contributed by atoms with Gasteiger partial charge in [0.2, 0.25) is 21.7 Å². The number of ketones is 1. The van der Waals surface area contributed by atoms with E-state index < -0.39 is 38.7 Å². The van der Waals surface area contributed by atoms with Gasteiger partial charge in [0.1, 0.15) is 11.5 Å². The lowest BCUT2D eigenvalue weighted by Crippen LogP contribution is -2.18. The number of rotatable bonds is 7. The zero-order valence-electron chi connectivity index (χ0n) is 20.2. The van der Waals surface area contributed by atoms with Gasteiger partial charge in [0, 0.05) is 41.2 Å². The summed E-state index contributed by atoms with van der Waals surface area (Å²) in [5, 5.41) is 5.13. The quantitative estimate of drug-likeness (QED) is 0.284. The van der Waals surface area contributed by atoms with Crippen LogP contribution < -0.4 is 4.72 Å². The minimum atomic E-state index is -3.87. The third-order valence-corrected chi connectivity index (χ3v) is 7.51. The van der Waals surface area contributed by atoms with Gasteiger partial charge in [-0.15, -0.1) is 0 Å². The van der Waals surface area contributed by atoms with Crippen molar-refractivity contribution >= 4 is 49.3 Å². The highest BCUT2D eigenvalue weighted by molar-refractivity contribution is 7.92. The van der Waals surface area contributed by atoms with E-state index in [1.54, 1.807) is 37.5 Å². The lowest BCUT2D eigenvalue weighted by atomic mass is 9.99. The fourth-order valence-corrected chi connectivity index (χ4v) is 5.41. The molecule has 0 spiro atoms. The number of nitrogens with zero attached hydrogens (tertiary/aromatic N) is 3. The molecule has 5 rings (SSSR count). The first-order valence-electron chi connectivity index (χ1n) is 11.6. The first kappa shape index (κ1) is 25.2. The molecular weight excluding hydrogens is 516 g/mol. The van der Waals surface area contributed by atoms with Crippen molar-refractivity contribution in [2.45, 2.75) is 20.3 Å². The molecule has 0 saturated carbocycles.